The summed E-state index contributed by atoms with van der Waals surface area (Å²) in [7, 11) is -9.89. The number of aliphatic hydroxyl groups is 1. The third kappa shape index (κ3) is 62.8. The van der Waals surface area contributed by atoms with Crippen molar-refractivity contribution >= 4 is 39.5 Å². The number of unbranched alkanes of at least 4 members (excludes halogenated alkanes) is 44. The van der Waals surface area contributed by atoms with Crippen LogP contribution >= 0.6 is 15.6 Å². The van der Waals surface area contributed by atoms with Crippen LogP contribution in [0.1, 0.15) is 362 Å². The van der Waals surface area contributed by atoms with Crippen molar-refractivity contribution < 1.29 is 80.2 Å². The molecule has 0 rings (SSSR count). The van der Waals surface area contributed by atoms with Crippen molar-refractivity contribution in [2.24, 2.45) is 0 Å². The van der Waals surface area contributed by atoms with Gasteiger partial charge in [0.05, 0.1) is 26.4 Å². The van der Waals surface area contributed by atoms with E-state index < -0.39 is 97.5 Å². The van der Waals surface area contributed by atoms with Crippen molar-refractivity contribution in [3.63, 3.8) is 0 Å². The fourth-order valence-corrected chi connectivity index (χ4v) is 12.1. The van der Waals surface area contributed by atoms with E-state index in [0.717, 1.165) is 103 Å². The standard InChI is InChI=1S/C69H134O17P2/c1-5-9-13-17-21-24-27-30-33-35-38-42-46-50-54-67(72)80-60-65(86-69(74)56-52-48-44-40-37-34-31-28-25-22-18-14-10-6-2)62-84-88(77,78)82-58-63(70)57-81-87(75,76)83-61-64(59-79-66(71)53-49-45-41-20-16-12-8-4)85-68(73)55-51-47-43-39-36-32-29-26-23-19-15-11-7-3/h63-65,70H,5-62H2,1-4H3,(H,75,76)(H,77,78)/t63-,64+,65+/m0/s1. The van der Waals surface area contributed by atoms with Gasteiger partial charge in [0, 0.05) is 25.7 Å². The monoisotopic (exact) mass is 1300 g/mol. The van der Waals surface area contributed by atoms with Crippen LogP contribution < -0.4 is 0 Å². The molecule has 2 unspecified atom stereocenters. The maximum Gasteiger partial charge on any atom is 0.472 e. The van der Waals surface area contributed by atoms with Crippen LogP contribution in [-0.2, 0) is 65.4 Å². The van der Waals surface area contributed by atoms with Gasteiger partial charge in [-0.2, -0.15) is 0 Å². The Labute approximate surface area is 537 Å². The van der Waals surface area contributed by atoms with E-state index in [1.54, 1.807) is 0 Å². The first-order valence-electron chi connectivity index (χ1n) is 36.3. The van der Waals surface area contributed by atoms with Gasteiger partial charge >= 0.3 is 39.5 Å². The molecule has 522 valence electrons. The second-order valence-electron chi connectivity index (χ2n) is 24.9. The van der Waals surface area contributed by atoms with Gasteiger partial charge in [0.15, 0.2) is 12.2 Å². The fourth-order valence-electron chi connectivity index (χ4n) is 10.5. The molecule has 0 bridgehead atoms. The number of hydrogen-bond acceptors (Lipinski definition) is 15. The Balaban J connectivity index is 5.20. The van der Waals surface area contributed by atoms with Gasteiger partial charge in [0.1, 0.15) is 19.3 Å². The molecule has 0 aliphatic rings. The summed E-state index contributed by atoms with van der Waals surface area (Å²) in [5.41, 5.74) is 0. The van der Waals surface area contributed by atoms with Crippen molar-refractivity contribution in [2.75, 3.05) is 39.6 Å². The lowest BCUT2D eigenvalue weighted by molar-refractivity contribution is -0.161. The number of carbonyl (C=O) groups excluding carboxylic acids is 4. The molecule has 0 spiro atoms. The normalized spacial score (nSPS) is 14.0. The molecule has 0 fully saturated rings. The van der Waals surface area contributed by atoms with Crippen LogP contribution in [0.2, 0.25) is 0 Å². The zero-order valence-corrected chi connectivity index (χ0v) is 58.5. The third-order valence-corrected chi connectivity index (χ3v) is 18.0. The van der Waals surface area contributed by atoms with Crippen LogP contribution in [0.25, 0.3) is 0 Å². The van der Waals surface area contributed by atoms with Gasteiger partial charge in [0.2, 0.25) is 0 Å². The highest BCUT2D eigenvalue weighted by Crippen LogP contribution is 2.45. The second-order valence-corrected chi connectivity index (χ2v) is 27.8. The van der Waals surface area contributed by atoms with Crippen molar-refractivity contribution in [1.29, 1.82) is 0 Å². The van der Waals surface area contributed by atoms with Crippen molar-refractivity contribution in [2.45, 2.75) is 380 Å². The molecule has 17 nitrogen and oxygen atoms in total. The Bertz CT molecular complexity index is 1690. The van der Waals surface area contributed by atoms with Gasteiger partial charge < -0.3 is 33.8 Å². The minimum atomic E-state index is -4.95. The molecule has 0 radical (unpaired) electrons. The molecular weight excluding hydrogens is 1160 g/mol. The Morgan fingerprint density at radius 2 is 0.455 bits per heavy atom. The topological polar surface area (TPSA) is 237 Å². The summed E-state index contributed by atoms with van der Waals surface area (Å²) in [4.78, 5) is 72.4. The highest BCUT2D eigenvalue weighted by molar-refractivity contribution is 7.47. The fraction of sp³-hybridized carbons (Fsp3) is 0.942. The summed E-state index contributed by atoms with van der Waals surface area (Å²) in [6.07, 6.45) is 51.3. The largest absolute Gasteiger partial charge is 0.472 e. The molecule has 0 aromatic rings. The SMILES string of the molecule is CCCCCCCCCCCCCCCCC(=O)OC[C@H](COP(=O)(O)OC[C@@H](O)COP(=O)(O)OC[C@@H](COC(=O)CCCCCCCCC)OC(=O)CCCCCCCCCCCCCCC)OC(=O)CCCCCCCCCCCCCCCC. The molecule has 3 N–H and O–H groups in total. The molecule has 0 aliphatic heterocycles. The third-order valence-electron chi connectivity index (χ3n) is 16.1. The highest BCUT2D eigenvalue weighted by Gasteiger charge is 2.30. The van der Waals surface area contributed by atoms with E-state index in [2.05, 4.69) is 27.7 Å². The molecule has 0 amide bonds. The molecule has 0 aromatic carbocycles. The quantitative estimate of drug-likeness (QED) is 0.0222. The lowest BCUT2D eigenvalue weighted by Gasteiger charge is -2.21. The number of phosphoric ester groups is 2. The molecule has 19 heteroatoms. The number of rotatable bonds is 70. The molecule has 0 aromatic heterocycles. The molecule has 0 aliphatic carbocycles. The van der Waals surface area contributed by atoms with Gasteiger partial charge in [-0.1, -0.05) is 310 Å². The van der Waals surface area contributed by atoms with E-state index in [0.29, 0.717) is 25.7 Å². The van der Waals surface area contributed by atoms with Crippen molar-refractivity contribution in [1.82, 2.24) is 0 Å². The van der Waals surface area contributed by atoms with Crippen molar-refractivity contribution in [3.05, 3.63) is 0 Å². The Kier molecular flexibility index (Phi) is 62.4. The predicted molar refractivity (Wildman–Crippen MR) is 354 cm³/mol. The highest BCUT2D eigenvalue weighted by atomic mass is 31.2. The lowest BCUT2D eigenvalue weighted by Crippen LogP contribution is -2.30. The van der Waals surface area contributed by atoms with E-state index in [-0.39, 0.29) is 25.7 Å². The van der Waals surface area contributed by atoms with Gasteiger partial charge in [-0.15, -0.1) is 0 Å². The zero-order chi connectivity index (χ0) is 64.7. The van der Waals surface area contributed by atoms with Gasteiger partial charge in [-0.05, 0) is 25.7 Å². The number of phosphoric acid groups is 2. The number of hydrogen-bond donors (Lipinski definition) is 3. The first-order valence-corrected chi connectivity index (χ1v) is 39.3. The first kappa shape index (κ1) is 86.1. The Morgan fingerprint density at radius 1 is 0.273 bits per heavy atom. The molecular formula is C69H134O17P2. The van der Waals surface area contributed by atoms with Crippen LogP contribution in [-0.4, -0.2) is 96.7 Å². The lowest BCUT2D eigenvalue weighted by atomic mass is 10.0. The summed E-state index contributed by atoms with van der Waals surface area (Å²) in [6, 6.07) is 0. The average Bonchev–Trinajstić information content (AvgIpc) is 3.70. The Hall–Kier alpha value is -1.94. The molecule has 0 saturated carbocycles. The van der Waals surface area contributed by atoms with E-state index in [4.69, 9.17) is 37.0 Å². The second kappa shape index (κ2) is 63.8. The predicted octanol–water partition coefficient (Wildman–Crippen LogP) is 19.9. The van der Waals surface area contributed by atoms with Crippen molar-refractivity contribution in [3.8, 4) is 0 Å². The Morgan fingerprint density at radius 3 is 0.670 bits per heavy atom. The van der Waals surface area contributed by atoms with Crippen LogP contribution in [0.15, 0.2) is 0 Å². The maximum atomic E-state index is 13.0. The zero-order valence-electron chi connectivity index (χ0n) is 56.7. The van der Waals surface area contributed by atoms with Gasteiger partial charge in [-0.3, -0.25) is 37.3 Å². The molecule has 0 saturated heterocycles. The summed E-state index contributed by atoms with van der Waals surface area (Å²) in [5, 5.41) is 10.6. The van der Waals surface area contributed by atoms with E-state index in [1.807, 2.05) is 0 Å². The smallest absolute Gasteiger partial charge is 0.462 e. The maximum absolute atomic E-state index is 13.0. The number of aliphatic hydroxyl groups excluding tert-OH is 1. The van der Waals surface area contributed by atoms with Crippen LogP contribution in [0.3, 0.4) is 0 Å². The van der Waals surface area contributed by atoms with Crippen LogP contribution in [0, 0.1) is 0 Å². The molecule has 88 heavy (non-hydrogen) atoms. The van der Waals surface area contributed by atoms with E-state index >= 15 is 0 Å². The minimum absolute atomic E-state index is 0.108. The minimum Gasteiger partial charge on any atom is -0.462 e. The average molecular weight is 1300 g/mol. The summed E-state index contributed by atoms with van der Waals surface area (Å²) < 4.78 is 68.2. The number of carbonyl (C=O) groups is 4. The number of ether oxygens (including phenoxy) is 4. The van der Waals surface area contributed by atoms with Gasteiger partial charge in [0.25, 0.3) is 0 Å². The summed E-state index contributed by atoms with van der Waals surface area (Å²) >= 11 is 0. The first-order chi connectivity index (χ1) is 42.7. The summed E-state index contributed by atoms with van der Waals surface area (Å²) in [5.74, 6) is -2.12. The molecule has 5 atom stereocenters. The van der Waals surface area contributed by atoms with Crippen LogP contribution in [0.5, 0.6) is 0 Å². The van der Waals surface area contributed by atoms with Crippen LogP contribution in [0.4, 0.5) is 0 Å². The number of esters is 4. The van der Waals surface area contributed by atoms with E-state index in [1.165, 1.54) is 180 Å². The summed E-state index contributed by atoms with van der Waals surface area (Å²) in [6.45, 7) is 4.91. The molecule has 0 heterocycles. The van der Waals surface area contributed by atoms with E-state index in [9.17, 15) is 43.2 Å². The van der Waals surface area contributed by atoms with Gasteiger partial charge in [-0.25, -0.2) is 9.13 Å².